The Balaban J connectivity index is 0.00000200. The van der Waals surface area contributed by atoms with E-state index in [4.69, 9.17) is 5.73 Å². The molecule has 3 N–H and O–H groups in total. The van der Waals surface area contributed by atoms with E-state index in [0.29, 0.717) is 12.1 Å². The smallest absolute Gasteiger partial charge is 0.251 e. The summed E-state index contributed by atoms with van der Waals surface area (Å²) in [6, 6.07) is 5.57. The Hall–Kier alpha value is -0.880. The first kappa shape index (κ1) is 20.1. The van der Waals surface area contributed by atoms with Crippen LogP contribution in [0.3, 0.4) is 0 Å². The quantitative estimate of drug-likeness (QED) is 0.869. The summed E-state index contributed by atoms with van der Waals surface area (Å²) in [5.41, 5.74) is 8.88. The van der Waals surface area contributed by atoms with Crippen LogP contribution in [0.1, 0.15) is 37.0 Å². The molecular weight excluding hydrogens is 329 g/mol. The lowest BCUT2D eigenvalue weighted by Gasteiger charge is -2.31. The zero-order chi connectivity index (χ0) is 13.9. The standard InChI is InChI=1S/C14H19N3OS.2ClH/c1-3-14(4-2,8-15)17-13(18)10-5-6-11-12(7-10)19-9-16-11;;/h5-7,9H,3-4,8,15H2,1-2H3,(H,17,18);2*1H. The molecule has 1 aromatic carbocycles. The van der Waals surface area contributed by atoms with Crippen molar-refractivity contribution in [3.63, 3.8) is 0 Å². The monoisotopic (exact) mass is 349 g/mol. The number of aromatic nitrogens is 1. The summed E-state index contributed by atoms with van der Waals surface area (Å²) in [4.78, 5) is 16.5. The molecular formula is C14H21Cl2N3OS. The molecule has 0 aliphatic rings. The number of benzene rings is 1. The summed E-state index contributed by atoms with van der Waals surface area (Å²) >= 11 is 1.54. The van der Waals surface area contributed by atoms with Crippen LogP contribution < -0.4 is 11.1 Å². The van der Waals surface area contributed by atoms with Crippen LogP contribution in [0.15, 0.2) is 23.7 Å². The van der Waals surface area contributed by atoms with Crippen molar-refractivity contribution in [1.29, 1.82) is 0 Å². The molecule has 1 aromatic heterocycles. The average Bonchev–Trinajstić information content (AvgIpc) is 2.92. The Morgan fingerprint density at radius 3 is 2.57 bits per heavy atom. The third-order valence-electron chi connectivity index (χ3n) is 3.72. The molecule has 1 amide bonds. The molecule has 0 aliphatic carbocycles. The van der Waals surface area contributed by atoms with Gasteiger partial charge in [0.15, 0.2) is 0 Å². The molecule has 0 spiro atoms. The predicted octanol–water partition coefficient (Wildman–Crippen LogP) is 3.39. The van der Waals surface area contributed by atoms with Crippen molar-refractivity contribution >= 4 is 52.3 Å². The van der Waals surface area contributed by atoms with Gasteiger partial charge in [0.1, 0.15) is 0 Å². The number of nitrogens with two attached hydrogens (primary N) is 1. The van der Waals surface area contributed by atoms with E-state index >= 15 is 0 Å². The van der Waals surface area contributed by atoms with E-state index in [1.54, 1.807) is 5.51 Å². The van der Waals surface area contributed by atoms with Crippen molar-refractivity contribution in [2.75, 3.05) is 6.54 Å². The zero-order valence-corrected chi connectivity index (χ0v) is 14.5. The maximum absolute atomic E-state index is 12.3. The summed E-state index contributed by atoms with van der Waals surface area (Å²) in [6.45, 7) is 4.54. The molecule has 0 radical (unpaired) electrons. The number of carbonyl (C=O) groups excluding carboxylic acids is 1. The van der Waals surface area contributed by atoms with Gasteiger partial charge in [0, 0.05) is 12.1 Å². The van der Waals surface area contributed by atoms with E-state index in [2.05, 4.69) is 10.3 Å². The number of rotatable bonds is 5. The minimum Gasteiger partial charge on any atom is -0.345 e. The summed E-state index contributed by atoms with van der Waals surface area (Å²) < 4.78 is 1.03. The molecule has 1 heterocycles. The van der Waals surface area contributed by atoms with Gasteiger partial charge in [-0.3, -0.25) is 4.79 Å². The normalized spacial score (nSPS) is 10.6. The topological polar surface area (TPSA) is 68.0 Å². The lowest BCUT2D eigenvalue weighted by Crippen LogP contribution is -2.52. The van der Waals surface area contributed by atoms with Crippen LogP contribution in [0.2, 0.25) is 0 Å². The molecule has 0 fully saturated rings. The third kappa shape index (κ3) is 4.30. The molecule has 0 bridgehead atoms. The van der Waals surface area contributed by atoms with Gasteiger partial charge in [0.25, 0.3) is 5.91 Å². The first-order valence-electron chi connectivity index (χ1n) is 6.50. The number of carbonyl (C=O) groups is 1. The van der Waals surface area contributed by atoms with Crippen molar-refractivity contribution in [2.45, 2.75) is 32.2 Å². The van der Waals surface area contributed by atoms with E-state index in [0.717, 1.165) is 23.1 Å². The van der Waals surface area contributed by atoms with Gasteiger partial charge in [-0.1, -0.05) is 13.8 Å². The van der Waals surface area contributed by atoms with Crippen LogP contribution in [0, 0.1) is 0 Å². The molecule has 118 valence electrons. The maximum Gasteiger partial charge on any atom is 0.251 e. The Morgan fingerprint density at radius 1 is 1.33 bits per heavy atom. The Morgan fingerprint density at radius 2 is 2.00 bits per heavy atom. The van der Waals surface area contributed by atoms with E-state index in [-0.39, 0.29) is 36.3 Å². The number of halogens is 2. The molecule has 4 nitrogen and oxygen atoms in total. The fourth-order valence-corrected chi connectivity index (χ4v) is 2.79. The summed E-state index contributed by atoms with van der Waals surface area (Å²) in [7, 11) is 0. The van der Waals surface area contributed by atoms with Crippen LogP contribution in [0.25, 0.3) is 10.2 Å². The molecule has 7 heteroatoms. The van der Waals surface area contributed by atoms with E-state index < -0.39 is 0 Å². The molecule has 0 saturated heterocycles. The molecule has 21 heavy (non-hydrogen) atoms. The lowest BCUT2D eigenvalue weighted by atomic mass is 9.92. The number of hydrogen-bond acceptors (Lipinski definition) is 4. The highest BCUT2D eigenvalue weighted by molar-refractivity contribution is 7.16. The Bertz CT molecular complexity index is 576. The average molecular weight is 350 g/mol. The van der Waals surface area contributed by atoms with Gasteiger partial charge in [-0.15, -0.1) is 36.2 Å². The van der Waals surface area contributed by atoms with E-state index in [9.17, 15) is 4.79 Å². The van der Waals surface area contributed by atoms with Crippen LogP contribution in [-0.4, -0.2) is 23.0 Å². The molecule has 2 rings (SSSR count). The number of amides is 1. The van der Waals surface area contributed by atoms with Crippen LogP contribution >= 0.6 is 36.2 Å². The van der Waals surface area contributed by atoms with Crippen LogP contribution in [-0.2, 0) is 0 Å². The fraction of sp³-hybridized carbons (Fsp3) is 0.429. The van der Waals surface area contributed by atoms with Gasteiger partial charge >= 0.3 is 0 Å². The van der Waals surface area contributed by atoms with Crippen molar-refractivity contribution in [1.82, 2.24) is 10.3 Å². The number of nitrogens with one attached hydrogen (secondary N) is 1. The second-order valence-corrected chi connectivity index (χ2v) is 5.57. The SMILES string of the molecule is CCC(CC)(CN)NC(=O)c1ccc2ncsc2c1.Cl.Cl. The number of thiazole rings is 1. The second kappa shape index (κ2) is 8.54. The first-order valence-corrected chi connectivity index (χ1v) is 7.38. The van der Waals surface area contributed by atoms with Crippen molar-refractivity contribution in [3.05, 3.63) is 29.3 Å². The highest BCUT2D eigenvalue weighted by atomic mass is 35.5. The van der Waals surface area contributed by atoms with Crippen LogP contribution in [0.5, 0.6) is 0 Å². The number of fused-ring (bicyclic) bond motifs is 1. The first-order chi connectivity index (χ1) is 9.14. The second-order valence-electron chi connectivity index (χ2n) is 4.68. The van der Waals surface area contributed by atoms with E-state index in [1.165, 1.54) is 11.3 Å². The lowest BCUT2D eigenvalue weighted by molar-refractivity contribution is 0.0895. The summed E-state index contributed by atoms with van der Waals surface area (Å²) in [5.74, 6) is -0.0653. The van der Waals surface area contributed by atoms with E-state index in [1.807, 2.05) is 32.0 Å². The van der Waals surface area contributed by atoms with Crippen molar-refractivity contribution < 1.29 is 4.79 Å². The van der Waals surface area contributed by atoms with Crippen molar-refractivity contribution in [2.24, 2.45) is 5.73 Å². The molecule has 0 saturated carbocycles. The number of hydrogen-bond donors (Lipinski definition) is 2. The largest absolute Gasteiger partial charge is 0.345 e. The van der Waals surface area contributed by atoms with Gasteiger partial charge in [0.2, 0.25) is 0 Å². The van der Waals surface area contributed by atoms with Gasteiger partial charge < -0.3 is 11.1 Å². The van der Waals surface area contributed by atoms with Crippen molar-refractivity contribution in [3.8, 4) is 0 Å². The van der Waals surface area contributed by atoms with Crippen LogP contribution in [0.4, 0.5) is 0 Å². The molecule has 0 atom stereocenters. The highest BCUT2D eigenvalue weighted by Gasteiger charge is 2.26. The Kier molecular flexibility index (Phi) is 8.18. The van der Waals surface area contributed by atoms with Gasteiger partial charge in [-0.05, 0) is 31.0 Å². The summed E-state index contributed by atoms with van der Waals surface area (Å²) in [5, 5.41) is 3.07. The van der Waals surface area contributed by atoms with Gasteiger partial charge in [0.05, 0.1) is 21.3 Å². The minimum atomic E-state index is -0.306. The minimum absolute atomic E-state index is 0. The third-order valence-corrected chi connectivity index (χ3v) is 4.51. The molecule has 0 unspecified atom stereocenters. The maximum atomic E-state index is 12.3. The van der Waals surface area contributed by atoms with Gasteiger partial charge in [-0.25, -0.2) is 4.98 Å². The predicted molar refractivity (Wildman–Crippen MR) is 93.9 cm³/mol. The highest BCUT2D eigenvalue weighted by Crippen LogP contribution is 2.20. The molecule has 0 aliphatic heterocycles. The fourth-order valence-electron chi connectivity index (χ4n) is 2.08. The molecule has 2 aromatic rings. The number of nitrogens with zero attached hydrogens (tertiary/aromatic N) is 1. The van der Waals surface area contributed by atoms with Gasteiger partial charge in [-0.2, -0.15) is 0 Å². The zero-order valence-electron chi connectivity index (χ0n) is 12.1. The Labute approximate surface area is 141 Å². The summed E-state index contributed by atoms with van der Waals surface area (Å²) in [6.07, 6.45) is 1.66.